The molecular weight excluding hydrogens is 266 g/mol. The number of nitrogens with one attached hydrogen (secondary N) is 3. The van der Waals surface area contributed by atoms with E-state index in [0.717, 1.165) is 29.6 Å². The van der Waals surface area contributed by atoms with E-state index >= 15 is 0 Å². The molecule has 0 aliphatic heterocycles. The van der Waals surface area contributed by atoms with Crippen molar-refractivity contribution in [3.05, 3.63) is 24.3 Å². The van der Waals surface area contributed by atoms with Crippen LogP contribution in [0.4, 0.5) is 11.8 Å². The number of amides is 1. The van der Waals surface area contributed by atoms with Crippen molar-refractivity contribution in [1.82, 2.24) is 15.3 Å². The van der Waals surface area contributed by atoms with E-state index in [4.69, 9.17) is 0 Å². The van der Waals surface area contributed by atoms with E-state index in [9.17, 15) is 4.79 Å². The number of rotatable bonds is 6. The number of nitrogens with zero attached hydrogens (tertiary/aromatic N) is 2. The molecule has 1 aliphatic carbocycles. The van der Waals surface area contributed by atoms with Crippen molar-refractivity contribution in [2.24, 2.45) is 5.92 Å². The van der Waals surface area contributed by atoms with Gasteiger partial charge in [0.25, 0.3) is 0 Å². The first-order valence-corrected chi connectivity index (χ1v) is 7.24. The molecule has 1 aromatic heterocycles. The van der Waals surface area contributed by atoms with Gasteiger partial charge in [-0.2, -0.15) is 4.98 Å². The Balaban J connectivity index is 1.66. The second-order valence-corrected chi connectivity index (χ2v) is 5.16. The number of aromatic nitrogens is 2. The normalized spacial score (nSPS) is 14.0. The summed E-state index contributed by atoms with van der Waals surface area (Å²) in [6.07, 6.45) is 2.06. The molecule has 1 fully saturated rings. The number of anilines is 2. The average molecular weight is 285 g/mol. The Morgan fingerprint density at radius 3 is 2.81 bits per heavy atom. The quantitative estimate of drug-likeness (QED) is 0.703. The maximum Gasteiger partial charge on any atom is 0.224 e. The summed E-state index contributed by atoms with van der Waals surface area (Å²) in [6, 6.07) is 7.86. The molecule has 1 saturated carbocycles. The molecule has 1 amide bonds. The topological polar surface area (TPSA) is 78.9 Å². The van der Waals surface area contributed by atoms with Crippen molar-refractivity contribution in [3.63, 3.8) is 0 Å². The van der Waals surface area contributed by atoms with E-state index in [0.29, 0.717) is 19.0 Å². The number of hydrogen-bond donors (Lipinski definition) is 3. The molecule has 21 heavy (non-hydrogen) atoms. The van der Waals surface area contributed by atoms with Gasteiger partial charge in [0.05, 0.1) is 5.52 Å². The Morgan fingerprint density at radius 2 is 2.05 bits per heavy atom. The number of fused-ring (bicyclic) bond motifs is 1. The average Bonchev–Trinajstić information content (AvgIpc) is 3.35. The monoisotopic (exact) mass is 285 g/mol. The van der Waals surface area contributed by atoms with Gasteiger partial charge in [-0.25, -0.2) is 4.98 Å². The zero-order valence-corrected chi connectivity index (χ0v) is 12.0. The van der Waals surface area contributed by atoms with Crippen LogP contribution in [0.15, 0.2) is 24.3 Å². The summed E-state index contributed by atoms with van der Waals surface area (Å²) in [4.78, 5) is 20.4. The predicted octanol–water partition coefficient (Wildman–Crippen LogP) is 1.61. The van der Waals surface area contributed by atoms with Crippen LogP contribution in [-0.4, -0.2) is 36.0 Å². The van der Waals surface area contributed by atoms with E-state index in [-0.39, 0.29) is 11.8 Å². The SMILES string of the molecule is CNc1nc(NCCNC(=O)C2CC2)c2ccccc2n1. The number of hydrogen-bond acceptors (Lipinski definition) is 5. The zero-order chi connectivity index (χ0) is 14.7. The van der Waals surface area contributed by atoms with E-state index in [2.05, 4.69) is 25.9 Å². The molecular formula is C15H19N5O. The van der Waals surface area contributed by atoms with Crippen LogP contribution in [0, 0.1) is 5.92 Å². The summed E-state index contributed by atoms with van der Waals surface area (Å²) in [5.41, 5.74) is 0.890. The first kappa shape index (κ1) is 13.6. The van der Waals surface area contributed by atoms with Gasteiger partial charge in [-0.15, -0.1) is 0 Å². The van der Waals surface area contributed by atoms with E-state index < -0.39 is 0 Å². The summed E-state index contributed by atoms with van der Waals surface area (Å²) >= 11 is 0. The Hall–Kier alpha value is -2.37. The Morgan fingerprint density at radius 1 is 1.24 bits per heavy atom. The van der Waals surface area contributed by atoms with E-state index in [1.54, 1.807) is 7.05 Å². The molecule has 0 bridgehead atoms. The van der Waals surface area contributed by atoms with Gasteiger partial charge in [-0.05, 0) is 25.0 Å². The molecule has 1 heterocycles. The zero-order valence-electron chi connectivity index (χ0n) is 12.0. The van der Waals surface area contributed by atoms with Crippen molar-refractivity contribution in [2.45, 2.75) is 12.8 Å². The van der Waals surface area contributed by atoms with E-state index in [1.165, 1.54) is 0 Å². The molecule has 3 N–H and O–H groups in total. The number of benzene rings is 1. The highest BCUT2D eigenvalue weighted by molar-refractivity contribution is 5.90. The largest absolute Gasteiger partial charge is 0.368 e. The van der Waals surface area contributed by atoms with Crippen molar-refractivity contribution in [3.8, 4) is 0 Å². The van der Waals surface area contributed by atoms with Crippen LogP contribution in [0.25, 0.3) is 10.9 Å². The fraction of sp³-hybridized carbons (Fsp3) is 0.400. The van der Waals surface area contributed by atoms with Crippen LogP contribution in [0.2, 0.25) is 0 Å². The summed E-state index contributed by atoms with van der Waals surface area (Å²) in [5.74, 6) is 1.78. The van der Waals surface area contributed by atoms with Crippen LogP contribution >= 0.6 is 0 Å². The summed E-state index contributed by atoms with van der Waals surface area (Å²) < 4.78 is 0. The third-order valence-corrected chi connectivity index (χ3v) is 3.49. The first-order valence-electron chi connectivity index (χ1n) is 7.24. The minimum absolute atomic E-state index is 0.167. The van der Waals surface area contributed by atoms with Crippen LogP contribution in [-0.2, 0) is 4.79 Å². The highest BCUT2D eigenvalue weighted by Gasteiger charge is 2.28. The molecule has 1 aliphatic rings. The van der Waals surface area contributed by atoms with Crippen molar-refractivity contribution >= 4 is 28.6 Å². The predicted molar refractivity (Wildman–Crippen MR) is 83.3 cm³/mol. The minimum atomic E-state index is 0.167. The van der Waals surface area contributed by atoms with Gasteiger partial charge in [0.15, 0.2) is 0 Å². The third-order valence-electron chi connectivity index (χ3n) is 3.49. The van der Waals surface area contributed by atoms with Gasteiger partial charge >= 0.3 is 0 Å². The summed E-state index contributed by atoms with van der Waals surface area (Å²) in [7, 11) is 1.80. The highest BCUT2D eigenvalue weighted by atomic mass is 16.2. The maximum absolute atomic E-state index is 11.6. The molecule has 1 aromatic carbocycles. The standard InChI is InChI=1S/C15H19N5O/c1-16-15-19-12-5-3-2-4-11(12)13(20-15)17-8-9-18-14(21)10-6-7-10/h2-5,10H,6-9H2,1H3,(H,18,21)(H2,16,17,19,20). The molecule has 110 valence electrons. The molecule has 0 saturated heterocycles. The lowest BCUT2D eigenvalue weighted by Gasteiger charge is -2.11. The van der Waals surface area contributed by atoms with Crippen LogP contribution in [0.1, 0.15) is 12.8 Å². The van der Waals surface area contributed by atoms with Gasteiger partial charge in [-0.1, -0.05) is 12.1 Å². The lowest BCUT2D eigenvalue weighted by Crippen LogP contribution is -2.30. The van der Waals surface area contributed by atoms with Crippen molar-refractivity contribution in [2.75, 3.05) is 30.8 Å². The third kappa shape index (κ3) is 3.21. The molecule has 2 aromatic rings. The number of carbonyl (C=O) groups excluding carboxylic acids is 1. The molecule has 0 unspecified atom stereocenters. The number of para-hydroxylation sites is 1. The molecule has 0 atom stereocenters. The van der Waals surface area contributed by atoms with Gasteiger partial charge in [-0.3, -0.25) is 4.79 Å². The second-order valence-electron chi connectivity index (χ2n) is 5.16. The fourth-order valence-electron chi connectivity index (χ4n) is 2.18. The Kier molecular flexibility index (Phi) is 3.85. The van der Waals surface area contributed by atoms with Crippen LogP contribution in [0.5, 0.6) is 0 Å². The Bertz CT molecular complexity index is 654. The van der Waals surface area contributed by atoms with Gasteiger partial charge in [0.2, 0.25) is 11.9 Å². The van der Waals surface area contributed by atoms with Crippen molar-refractivity contribution in [1.29, 1.82) is 0 Å². The molecule has 6 heteroatoms. The molecule has 3 rings (SSSR count). The van der Waals surface area contributed by atoms with Crippen LogP contribution < -0.4 is 16.0 Å². The molecule has 0 spiro atoms. The minimum Gasteiger partial charge on any atom is -0.368 e. The molecule has 6 nitrogen and oxygen atoms in total. The lowest BCUT2D eigenvalue weighted by molar-refractivity contribution is -0.122. The summed E-state index contributed by atoms with van der Waals surface area (Å²) in [5, 5.41) is 10.1. The highest BCUT2D eigenvalue weighted by Crippen LogP contribution is 2.28. The van der Waals surface area contributed by atoms with Gasteiger partial charge in [0.1, 0.15) is 5.82 Å². The first-order chi connectivity index (χ1) is 10.3. The Labute approximate surface area is 123 Å². The van der Waals surface area contributed by atoms with Crippen LogP contribution in [0.3, 0.4) is 0 Å². The summed E-state index contributed by atoms with van der Waals surface area (Å²) in [6.45, 7) is 1.24. The smallest absolute Gasteiger partial charge is 0.224 e. The maximum atomic E-state index is 11.6. The van der Waals surface area contributed by atoms with Crippen molar-refractivity contribution < 1.29 is 4.79 Å². The fourth-order valence-corrected chi connectivity index (χ4v) is 2.18. The van der Waals surface area contributed by atoms with Gasteiger partial charge in [0, 0.05) is 31.4 Å². The second kappa shape index (κ2) is 5.95. The molecule has 0 radical (unpaired) electrons. The van der Waals surface area contributed by atoms with E-state index in [1.807, 2.05) is 24.3 Å². The lowest BCUT2D eigenvalue weighted by atomic mass is 10.2. The number of carbonyl (C=O) groups is 1. The van der Waals surface area contributed by atoms with Gasteiger partial charge < -0.3 is 16.0 Å².